The fraction of sp³-hybridized carbons (Fsp3) is 0.158. The number of benzene rings is 2. The van der Waals surface area contributed by atoms with E-state index in [1.165, 1.54) is 30.0 Å². The van der Waals surface area contributed by atoms with Gasteiger partial charge < -0.3 is 14.6 Å². The van der Waals surface area contributed by atoms with Crippen LogP contribution >= 0.6 is 11.8 Å². The number of hydrogen-bond donors (Lipinski definition) is 1. The van der Waals surface area contributed by atoms with Crippen molar-refractivity contribution < 1.29 is 14.5 Å². The van der Waals surface area contributed by atoms with Crippen LogP contribution in [0.1, 0.15) is 17.3 Å². The minimum absolute atomic E-state index is 0.139. The molecule has 1 heterocycles. The molecule has 0 atom stereocenters. The molecule has 0 saturated carbocycles. The molecule has 0 unspecified atom stereocenters. The van der Waals surface area contributed by atoms with Crippen molar-refractivity contribution in [3.8, 4) is 5.75 Å². The van der Waals surface area contributed by atoms with E-state index >= 15 is 0 Å². The number of carbonyl (C=O) groups excluding carboxylic acids is 1. The Morgan fingerprint density at radius 1 is 1.29 bits per heavy atom. The normalized spacial score (nSPS) is 10.5. The van der Waals surface area contributed by atoms with Crippen LogP contribution in [0.5, 0.6) is 5.75 Å². The van der Waals surface area contributed by atoms with Crippen molar-refractivity contribution in [1.29, 1.82) is 0 Å². The summed E-state index contributed by atoms with van der Waals surface area (Å²) < 4.78 is 7.15. The van der Waals surface area contributed by atoms with Crippen molar-refractivity contribution in [2.75, 3.05) is 11.9 Å². The lowest BCUT2D eigenvalue weighted by molar-refractivity contribution is -0.385. The second kappa shape index (κ2) is 8.57. The molecule has 2 aromatic carbocycles. The maximum absolute atomic E-state index is 12.5. The highest BCUT2D eigenvalue weighted by molar-refractivity contribution is 7.99. The van der Waals surface area contributed by atoms with E-state index in [0.717, 1.165) is 10.1 Å². The van der Waals surface area contributed by atoms with E-state index in [0.29, 0.717) is 12.3 Å². The number of nitro benzene ring substituents is 1. The minimum Gasteiger partial charge on any atom is -0.487 e. The summed E-state index contributed by atoms with van der Waals surface area (Å²) in [6.07, 6.45) is 3.60. The van der Waals surface area contributed by atoms with Crippen LogP contribution in [0.4, 0.5) is 11.4 Å². The van der Waals surface area contributed by atoms with E-state index in [1.54, 1.807) is 25.3 Å². The number of nitro groups is 1. The van der Waals surface area contributed by atoms with Crippen molar-refractivity contribution in [3.63, 3.8) is 0 Å². The van der Waals surface area contributed by atoms with Crippen LogP contribution in [0.15, 0.2) is 64.9 Å². The van der Waals surface area contributed by atoms with Crippen LogP contribution in [0.25, 0.3) is 0 Å². The van der Waals surface area contributed by atoms with Gasteiger partial charge in [-0.15, -0.1) is 0 Å². The third-order valence-electron chi connectivity index (χ3n) is 3.82. The van der Waals surface area contributed by atoms with Crippen molar-refractivity contribution >= 4 is 29.0 Å². The molecule has 0 radical (unpaired) electrons. The van der Waals surface area contributed by atoms with E-state index in [9.17, 15) is 14.9 Å². The smallest absolute Gasteiger partial charge is 0.311 e. The third kappa shape index (κ3) is 4.49. The third-order valence-corrected chi connectivity index (χ3v) is 4.90. The molecule has 0 saturated heterocycles. The van der Waals surface area contributed by atoms with E-state index < -0.39 is 10.8 Å². The number of rotatable bonds is 7. The average molecular weight is 398 g/mol. The summed E-state index contributed by atoms with van der Waals surface area (Å²) in [4.78, 5) is 28.3. The standard InChI is InChI=1S/C19H18N4O4S/c1-3-27-17-9-4-13(12-16(17)23(25)26)18(24)21-14-5-7-15(8-6-14)28-19-20-10-11-22(19)2/h4-12H,3H2,1-2H3,(H,21,24). The van der Waals surface area contributed by atoms with Gasteiger partial charge in [-0.1, -0.05) is 11.8 Å². The van der Waals surface area contributed by atoms with Gasteiger partial charge in [-0.25, -0.2) is 4.98 Å². The number of nitrogens with one attached hydrogen (secondary N) is 1. The summed E-state index contributed by atoms with van der Waals surface area (Å²) in [5, 5.41) is 14.8. The Bertz CT molecular complexity index is 1000. The average Bonchev–Trinajstić information content (AvgIpc) is 3.08. The van der Waals surface area contributed by atoms with Crippen LogP contribution < -0.4 is 10.1 Å². The molecule has 0 fully saturated rings. The molecule has 1 N–H and O–H groups in total. The summed E-state index contributed by atoms with van der Waals surface area (Å²) >= 11 is 1.51. The number of imidazole rings is 1. The van der Waals surface area contributed by atoms with Crippen molar-refractivity contribution in [1.82, 2.24) is 9.55 Å². The van der Waals surface area contributed by atoms with Crippen molar-refractivity contribution in [2.24, 2.45) is 7.05 Å². The molecule has 8 nitrogen and oxygen atoms in total. The van der Waals surface area contributed by atoms with Crippen LogP contribution in [0, 0.1) is 10.1 Å². The summed E-state index contributed by atoms with van der Waals surface area (Å²) in [6, 6.07) is 11.4. The Labute approximate surface area is 165 Å². The molecule has 1 aromatic heterocycles. The molecule has 9 heteroatoms. The first kappa shape index (κ1) is 19.4. The Balaban J connectivity index is 1.71. The highest BCUT2D eigenvalue weighted by Gasteiger charge is 2.18. The maximum Gasteiger partial charge on any atom is 0.311 e. The molecule has 0 spiro atoms. The predicted molar refractivity (Wildman–Crippen MR) is 106 cm³/mol. The molecule has 3 rings (SSSR count). The van der Waals surface area contributed by atoms with Crippen molar-refractivity contribution in [3.05, 3.63) is 70.5 Å². The van der Waals surface area contributed by atoms with Crippen LogP contribution in [-0.4, -0.2) is 27.0 Å². The molecule has 3 aromatic rings. The molecule has 0 aliphatic heterocycles. The van der Waals surface area contributed by atoms with Gasteiger partial charge in [-0.05, 0) is 43.3 Å². The highest BCUT2D eigenvalue weighted by atomic mass is 32.2. The topological polar surface area (TPSA) is 99.3 Å². The zero-order valence-corrected chi connectivity index (χ0v) is 16.1. The quantitative estimate of drug-likeness (QED) is 0.474. The molecule has 28 heavy (non-hydrogen) atoms. The summed E-state index contributed by atoms with van der Waals surface area (Å²) in [5.74, 6) is -0.296. The van der Waals surface area contributed by atoms with Crippen LogP contribution in [0.2, 0.25) is 0 Å². The lowest BCUT2D eigenvalue weighted by Crippen LogP contribution is -2.12. The number of nitrogens with zero attached hydrogens (tertiary/aromatic N) is 3. The van der Waals surface area contributed by atoms with E-state index in [1.807, 2.05) is 29.9 Å². The van der Waals surface area contributed by atoms with Gasteiger partial charge in [0.15, 0.2) is 10.9 Å². The lowest BCUT2D eigenvalue weighted by atomic mass is 10.1. The van der Waals surface area contributed by atoms with Gasteiger partial charge in [-0.3, -0.25) is 14.9 Å². The molecule has 0 aliphatic carbocycles. The number of aryl methyl sites for hydroxylation is 1. The first-order valence-electron chi connectivity index (χ1n) is 8.45. The number of aromatic nitrogens is 2. The summed E-state index contributed by atoms with van der Waals surface area (Å²) in [6.45, 7) is 2.04. The Kier molecular flexibility index (Phi) is 5.95. The van der Waals surface area contributed by atoms with Gasteiger partial charge in [0.25, 0.3) is 5.91 Å². The molecule has 1 amide bonds. The van der Waals surface area contributed by atoms with Gasteiger partial charge >= 0.3 is 5.69 Å². The lowest BCUT2D eigenvalue weighted by Gasteiger charge is -2.08. The summed E-state index contributed by atoms with van der Waals surface area (Å²) in [7, 11) is 1.92. The van der Waals surface area contributed by atoms with Gasteiger partial charge in [0.1, 0.15) is 0 Å². The molecule has 0 bridgehead atoms. The fourth-order valence-corrected chi connectivity index (χ4v) is 3.25. The SMILES string of the molecule is CCOc1ccc(C(=O)Nc2ccc(Sc3nccn3C)cc2)cc1[N+](=O)[O-]. The monoisotopic (exact) mass is 398 g/mol. The fourth-order valence-electron chi connectivity index (χ4n) is 2.44. The predicted octanol–water partition coefficient (Wildman–Crippen LogP) is 4.13. The van der Waals surface area contributed by atoms with Crippen LogP contribution in [-0.2, 0) is 7.05 Å². The zero-order chi connectivity index (χ0) is 20.1. The molecule has 0 aliphatic rings. The largest absolute Gasteiger partial charge is 0.487 e. The van der Waals surface area contributed by atoms with E-state index in [-0.39, 0.29) is 17.0 Å². The first-order valence-corrected chi connectivity index (χ1v) is 9.27. The van der Waals surface area contributed by atoms with Crippen molar-refractivity contribution in [2.45, 2.75) is 17.0 Å². The summed E-state index contributed by atoms with van der Waals surface area (Å²) in [5.41, 5.74) is 0.531. The Hall–Kier alpha value is -3.33. The molecular weight excluding hydrogens is 380 g/mol. The van der Waals surface area contributed by atoms with E-state index in [4.69, 9.17) is 4.74 Å². The molecular formula is C19H18N4O4S. The number of amides is 1. The Morgan fingerprint density at radius 2 is 2.04 bits per heavy atom. The number of ether oxygens (including phenoxy) is 1. The van der Waals surface area contributed by atoms with E-state index in [2.05, 4.69) is 10.3 Å². The number of hydrogen-bond acceptors (Lipinski definition) is 6. The van der Waals surface area contributed by atoms with Gasteiger partial charge in [0, 0.05) is 41.7 Å². The van der Waals surface area contributed by atoms with Gasteiger partial charge in [-0.2, -0.15) is 0 Å². The highest BCUT2D eigenvalue weighted by Crippen LogP contribution is 2.29. The second-order valence-electron chi connectivity index (χ2n) is 5.77. The minimum atomic E-state index is -0.564. The Morgan fingerprint density at radius 3 is 2.64 bits per heavy atom. The molecule has 144 valence electrons. The maximum atomic E-state index is 12.5. The van der Waals surface area contributed by atoms with Gasteiger partial charge in [0.05, 0.1) is 11.5 Å². The van der Waals surface area contributed by atoms with Gasteiger partial charge in [0.2, 0.25) is 0 Å². The van der Waals surface area contributed by atoms with Crippen LogP contribution in [0.3, 0.4) is 0 Å². The zero-order valence-electron chi connectivity index (χ0n) is 15.3. The number of carbonyl (C=O) groups is 1. The number of anilines is 1. The first-order chi connectivity index (χ1) is 13.5. The second-order valence-corrected chi connectivity index (χ2v) is 6.81.